The van der Waals surface area contributed by atoms with Crippen LogP contribution >= 0.6 is 0 Å². The first-order valence-electron chi connectivity index (χ1n) is 9.16. The van der Waals surface area contributed by atoms with E-state index >= 15 is 0 Å². The molecule has 0 bridgehead atoms. The molecule has 9 nitrogen and oxygen atoms in total. The Hall–Kier alpha value is -2.07. The predicted octanol–water partition coefficient (Wildman–Crippen LogP) is 0.607. The van der Waals surface area contributed by atoms with E-state index in [2.05, 4.69) is 10.6 Å². The molecule has 0 saturated carbocycles. The second kappa shape index (κ2) is 8.30. The summed E-state index contributed by atoms with van der Waals surface area (Å²) < 4.78 is 29.7. The number of amides is 3. The highest BCUT2D eigenvalue weighted by Gasteiger charge is 2.28. The van der Waals surface area contributed by atoms with Gasteiger partial charge in [-0.05, 0) is 31.7 Å². The monoisotopic (exact) mass is 398 g/mol. The molecule has 3 amide bonds. The Labute approximate surface area is 159 Å². The largest absolute Gasteiger partial charge is 0.472 e. The average Bonchev–Trinajstić information content (AvgIpc) is 3.16. The third-order valence-corrected chi connectivity index (χ3v) is 6.34. The summed E-state index contributed by atoms with van der Waals surface area (Å²) in [6, 6.07) is 1.17. The van der Waals surface area contributed by atoms with E-state index in [0.717, 1.165) is 12.8 Å². The Morgan fingerprint density at radius 3 is 2.44 bits per heavy atom. The zero-order chi connectivity index (χ0) is 19.4. The molecular weight excluding hydrogens is 372 g/mol. The zero-order valence-electron chi connectivity index (χ0n) is 15.4. The summed E-state index contributed by atoms with van der Waals surface area (Å²) in [6.07, 6.45) is 6.94. The molecule has 1 unspecified atom stereocenters. The van der Waals surface area contributed by atoms with E-state index in [1.165, 1.54) is 23.1 Å². The summed E-state index contributed by atoms with van der Waals surface area (Å²) in [5.74, 6) is -0.0604. The molecule has 0 aromatic carbocycles. The van der Waals surface area contributed by atoms with Crippen LogP contribution in [0.5, 0.6) is 0 Å². The minimum Gasteiger partial charge on any atom is -0.472 e. The van der Waals surface area contributed by atoms with Gasteiger partial charge in [-0.25, -0.2) is 17.5 Å². The van der Waals surface area contributed by atoms with E-state index in [1.807, 2.05) is 0 Å². The number of hydrogen-bond donors (Lipinski definition) is 2. The second-order valence-corrected chi connectivity index (χ2v) is 9.14. The summed E-state index contributed by atoms with van der Waals surface area (Å²) in [5, 5.41) is 5.81. The van der Waals surface area contributed by atoms with Gasteiger partial charge in [0.2, 0.25) is 10.0 Å². The predicted molar refractivity (Wildman–Crippen MR) is 98.7 cm³/mol. The van der Waals surface area contributed by atoms with Crippen molar-refractivity contribution in [3.63, 3.8) is 0 Å². The fourth-order valence-electron chi connectivity index (χ4n) is 3.57. The van der Waals surface area contributed by atoms with Crippen molar-refractivity contribution in [1.29, 1.82) is 0 Å². The number of carbonyl (C=O) groups excluding carboxylic acids is 2. The Balaban J connectivity index is 1.42. The first kappa shape index (κ1) is 19.7. The van der Waals surface area contributed by atoms with Crippen LogP contribution in [0.1, 0.15) is 36.0 Å². The molecule has 1 atom stereocenters. The van der Waals surface area contributed by atoms with Crippen molar-refractivity contribution in [2.75, 3.05) is 32.4 Å². The van der Waals surface area contributed by atoms with Crippen LogP contribution in [0.4, 0.5) is 4.79 Å². The van der Waals surface area contributed by atoms with Gasteiger partial charge in [-0.2, -0.15) is 0 Å². The van der Waals surface area contributed by atoms with Gasteiger partial charge < -0.3 is 20.0 Å². The number of likely N-dealkylation sites (tertiary alicyclic amines) is 1. The third kappa shape index (κ3) is 5.23. The summed E-state index contributed by atoms with van der Waals surface area (Å²) in [6.45, 7) is 1.95. The molecule has 2 fully saturated rings. The number of urea groups is 1. The summed E-state index contributed by atoms with van der Waals surface area (Å²) in [5.41, 5.74) is 0.534. The number of carbonyl (C=O) groups is 2. The molecule has 0 radical (unpaired) electrons. The van der Waals surface area contributed by atoms with Gasteiger partial charge in [-0.15, -0.1) is 0 Å². The maximum atomic E-state index is 12.3. The summed E-state index contributed by atoms with van der Waals surface area (Å²) in [7, 11) is -3.24. The van der Waals surface area contributed by atoms with Crippen molar-refractivity contribution in [2.24, 2.45) is 0 Å². The molecule has 10 heteroatoms. The molecule has 1 aromatic rings. The quantitative estimate of drug-likeness (QED) is 0.772. The maximum absolute atomic E-state index is 12.3. The van der Waals surface area contributed by atoms with E-state index in [1.54, 1.807) is 11.0 Å². The SMILES string of the molecule is CS(=O)(=O)N1CCCC(NC(=O)NC2CCN(C(=O)c3ccoc3)CC2)C1. The van der Waals surface area contributed by atoms with Crippen molar-refractivity contribution in [3.05, 3.63) is 24.2 Å². The maximum Gasteiger partial charge on any atom is 0.315 e. The molecule has 0 spiro atoms. The molecule has 1 aromatic heterocycles. The van der Waals surface area contributed by atoms with Crippen LogP contribution in [0.25, 0.3) is 0 Å². The minimum absolute atomic E-state index is 0.00648. The molecule has 0 aliphatic carbocycles. The van der Waals surface area contributed by atoms with E-state index in [9.17, 15) is 18.0 Å². The second-order valence-electron chi connectivity index (χ2n) is 7.16. The molecule has 2 saturated heterocycles. The third-order valence-electron chi connectivity index (χ3n) is 5.07. The standard InChI is InChI=1S/C17H26N4O5S/c1-27(24,25)21-7-2-3-15(11-21)19-17(23)18-14-4-8-20(9-5-14)16(22)13-6-10-26-12-13/h6,10,12,14-15H,2-5,7-9,11H2,1H3,(H2,18,19,23). The number of nitrogens with zero attached hydrogens (tertiary/aromatic N) is 2. The van der Waals surface area contributed by atoms with E-state index in [4.69, 9.17) is 4.42 Å². The van der Waals surface area contributed by atoms with Crippen LogP contribution < -0.4 is 10.6 Å². The van der Waals surface area contributed by atoms with E-state index in [-0.39, 0.29) is 24.0 Å². The van der Waals surface area contributed by atoms with Crippen molar-refractivity contribution < 1.29 is 22.4 Å². The Bertz CT molecular complexity index is 756. The highest BCUT2D eigenvalue weighted by molar-refractivity contribution is 7.88. The number of hydrogen-bond acceptors (Lipinski definition) is 5. The molecule has 3 heterocycles. The van der Waals surface area contributed by atoms with Gasteiger partial charge in [0.25, 0.3) is 5.91 Å². The lowest BCUT2D eigenvalue weighted by Crippen LogP contribution is -2.54. The van der Waals surface area contributed by atoms with Gasteiger partial charge in [0, 0.05) is 38.3 Å². The van der Waals surface area contributed by atoms with Crippen LogP contribution in [-0.4, -0.2) is 74.1 Å². The lowest BCUT2D eigenvalue weighted by atomic mass is 10.0. The normalized spacial score (nSPS) is 22.4. The van der Waals surface area contributed by atoms with Crippen molar-refractivity contribution in [1.82, 2.24) is 19.8 Å². The number of nitrogens with one attached hydrogen (secondary N) is 2. The van der Waals surface area contributed by atoms with Crippen LogP contribution in [0.15, 0.2) is 23.0 Å². The molecule has 150 valence electrons. The average molecular weight is 398 g/mol. The molecular formula is C17H26N4O5S. The molecule has 2 aliphatic rings. The zero-order valence-corrected chi connectivity index (χ0v) is 16.2. The van der Waals surface area contributed by atoms with Crippen LogP contribution in [-0.2, 0) is 10.0 Å². The number of furan rings is 1. The van der Waals surface area contributed by atoms with Crippen LogP contribution in [0.3, 0.4) is 0 Å². The van der Waals surface area contributed by atoms with Crippen molar-refractivity contribution in [2.45, 2.75) is 37.8 Å². The summed E-state index contributed by atoms with van der Waals surface area (Å²) in [4.78, 5) is 26.3. The van der Waals surface area contributed by atoms with Gasteiger partial charge in [0.1, 0.15) is 6.26 Å². The molecule has 2 N–H and O–H groups in total. The fraction of sp³-hybridized carbons (Fsp3) is 0.647. The fourth-order valence-corrected chi connectivity index (χ4v) is 4.48. The van der Waals surface area contributed by atoms with E-state index in [0.29, 0.717) is 44.6 Å². The molecule has 2 aliphatic heterocycles. The lowest BCUT2D eigenvalue weighted by Gasteiger charge is -2.34. The van der Waals surface area contributed by atoms with Gasteiger partial charge in [0.05, 0.1) is 18.1 Å². The van der Waals surface area contributed by atoms with Crippen LogP contribution in [0.2, 0.25) is 0 Å². The summed E-state index contributed by atoms with van der Waals surface area (Å²) >= 11 is 0. The topological polar surface area (TPSA) is 112 Å². The lowest BCUT2D eigenvalue weighted by molar-refractivity contribution is 0.0707. The van der Waals surface area contributed by atoms with Crippen LogP contribution in [0, 0.1) is 0 Å². The molecule has 3 rings (SSSR count). The Morgan fingerprint density at radius 1 is 1.11 bits per heavy atom. The number of piperidine rings is 2. The van der Waals surface area contributed by atoms with Gasteiger partial charge in [-0.3, -0.25) is 4.79 Å². The van der Waals surface area contributed by atoms with Gasteiger partial charge in [-0.1, -0.05) is 0 Å². The highest BCUT2D eigenvalue weighted by Crippen LogP contribution is 2.15. The number of sulfonamides is 1. The number of rotatable bonds is 4. The van der Waals surface area contributed by atoms with Crippen molar-refractivity contribution in [3.8, 4) is 0 Å². The van der Waals surface area contributed by atoms with Gasteiger partial charge in [0.15, 0.2) is 0 Å². The first-order chi connectivity index (χ1) is 12.8. The van der Waals surface area contributed by atoms with Gasteiger partial charge >= 0.3 is 6.03 Å². The highest BCUT2D eigenvalue weighted by atomic mass is 32.2. The first-order valence-corrected chi connectivity index (χ1v) is 11.0. The Kier molecular flexibility index (Phi) is 6.05. The van der Waals surface area contributed by atoms with E-state index < -0.39 is 10.0 Å². The minimum atomic E-state index is -3.24. The smallest absolute Gasteiger partial charge is 0.315 e. The van der Waals surface area contributed by atoms with Crippen molar-refractivity contribution >= 4 is 22.0 Å². The Morgan fingerprint density at radius 2 is 1.81 bits per heavy atom. The molecule has 27 heavy (non-hydrogen) atoms.